The number of sulfonamides is 1. The highest BCUT2D eigenvalue weighted by Gasteiger charge is 2.26. The lowest BCUT2D eigenvalue weighted by molar-refractivity contribution is -0.116. The third-order valence-corrected chi connectivity index (χ3v) is 6.83. The summed E-state index contributed by atoms with van der Waals surface area (Å²) >= 11 is 3.37. The molecule has 1 amide bonds. The van der Waals surface area contributed by atoms with Crippen molar-refractivity contribution in [1.82, 2.24) is 4.31 Å². The Morgan fingerprint density at radius 1 is 0.935 bits per heavy atom. The number of amides is 1. The van der Waals surface area contributed by atoms with Gasteiger partial charge in [-0.05, 0) is 47.5 Å². The Kier molecular flexibility index (Phi) is 7.58. The maximum Gasteiger partial charge on any atom is 0.243 e. The number of nitrogens with zero attached hydrogens (tertiary/aromatic N) is 2. The van der Waals surface area contributed by atoms with Gasteiger partial charge < -0.3 is 5.32 Å². The monoisotopic (exact) mass is 497 g/mol. The van der Waals surface area contributed by atoms with Crippen molar-refractivity contribution in [3.8, 4) is 6.07 Å². The predicted molar refractivity (Wildman–Crippen MR) is 123 cm³/mol. The summed E-state index contributed by atoms with van der Waals surface area (Å²) in [4.78, 5) is 12.8. The van der Waals surface area contributed by atoms with Gasteiger partial charge in [0.05, 0.1) is 23.9 Å². The highest BCUT2D eigenvalue weighted by Crippen LogP contribution is 2.20. The topological polar surface area (TPSA) is 90.3 Å². The summed E-state index contributed by atoms with van der Waals surface area (Å²) in [6.07, 6.45) is 0.282. The Morgan fingerprint density at radius 3 is 2.16 bits per heavy atom. The molecule has 0 atom stereocenters. The molecule has 0 spiro atoms. The smallest absolute Gasteiger partial charge is 0.243 e. The van der Waals surface area contributed by atoms with Crippen molar-refractivity contribution in [3.63, 3.8) is 0 Å². The van der Waals surface area contributed by atoms with Gasteiger partial charge in [0.1, 0.15) is 0 Å². The van der Waals surface area contributed by atoms with Crippen molar-refractivity contribution in [2.24, 2.45) is 0 Å². The Balaban J connectivity index is 1.81. The van der Waals surface area contributed by atoms with E-state index < -0.39 is 15.9 Å². The average Bonchev–Trinajstić information content (AvgIpc) is 2.77. The summed E-state index contributed by atoms with van der Waals surface area (Å²) in [7, 11) is -3.89. The minimum Gasteiger partial charge on any atom is -0.325 e. The van der Waals surface area contributed by atoms with Crippen LogP contribution in [-0.2, 0) is 27.8 Å². The fourth-order valence-electron chi connectivity index (χ4n) is 2.92. The van der Waals surface area contributed by atoms with Gasteiger partial charge in [0.15, 0.2) is 0 Å². The quantitative estimate of drug-likeness (QED) is 0.500. The van der Waals surface area contributed by atoms with Crippen LogP contribution in [0.15, 0.2) is 88.2 Å². The summed E-state index contributed by atoms with van der Waals surface area (Å²) in [6, 6.07) is 24.3. The highest BCUT2D eigenvalue weighted by molar-refractivity contribution is 9.10. The van der Waals surface area contributed by atoms with Crippen LogP contribution in [0.25, 0.3) is 0 Å². The summed E-state index contributed by atoms with van der Waals surface area (Å²) in [5.41, 5.74) is 2.13. The molecule has 8 heteroatoms. The van der Waals surface area contributed by atoms with Crippen LogP contribution in [0.1, 0.15) is 11.1 Å². The van der Waals surface area contributed by atoms with E-state index in [4.69, 9.17) is 5.26 Å². The zero-order chi connectivity index (χ0) is 22.3. The molecule has 0 unspecified atom stereocenters. The first-order valence-electron chi connectivity index (χ1n) is 9.44. The molecule has 158 valence electrons. The van der Waals surface area contributed by atoms with E-state index in [0.717, 1.165) is 19.9 Å². The molecule has 0 aliphatic heterocycles. The van der Waals surface area contributed by atoms with Crippen molar-refractivity contribution in [3.05, 3.63) is 94.5 Å². The minimum atomic E-state index is -3.89. The number of hydrogen-bond donors (Lipinski definition) is 1. The molecule has 0 aliphatic rings. The van der Waals surface area contributed by atoms with E-state index >= 15 is 0 Å². The van der Waals surface area contributed by atoms with Crippen LogP contribution in [0.4, 0.5) is 5.69 Å². The number of anilines is 1. The van der Waals surface area contributed by atoms with Gasteiger partial charge in [-0.2, -0.15) is 9.57 Å². The number of nitriles is 1. The SMILES string of the molecule is N#CCc1ccc(NC(=O)CN(Cc2ccc(Br)cc2)S(=O)(=O)c2ccccc2)cc1. The first-order valence-corrected chi connectivity index (χ1v) is 11.7. The fourth-order valence-corrected chi connectivity index (χ4v) is 4.59. The molecule has 0 saturated carbocycles. The zero-order valence-corrected chi connectivity index (χ0v) is 18.9. The second-order valence-corrected chi connectivity index (χ2v) is 9.65. The zero-order valence-electron chi connectivity index (χ0n) is 16.5. The first kappa shape index (κ1) is 22.7. The lowest BCUT2D eigenvalue weighted by atomic mass is 10.1. The van der Waals surface area contributed by atoms with Gasteiger partial charge >= 0.3 is 0 Å². The molecule has 3 aromatic carbocycles. The maximum absolute atomic E-state index is 13.2. The molecule has 1 N–H and O–H groups in total. The molecule has 0 aromatic heterocycles. The van der Waals surface area contributed by atoms with Gasteiger partial charge in [0, 0.05) is 16.7 Å². The van der Waals surface area contributed by atoms with Crippen LogP contribution < -0.4 is 5.32 Å². The van der Waals surface area contributed by atoms with Crippen LogP contribution in [0.3, 0.4) is 0 Å². The van der Waals surface area contributed by atoms with Crippen LogP contribution in [-0.4, -0.2) is 25.2 Å². The van der Waals surface area contributed by atoms with Crippen molar-refractivity contribution in [2.75, 3.05) is 11.9 Å². The lowest BCUT2D eigenvalue weighted by Crippen LogP contribution is -2.37. The van der Waals surface area contributed by atoms with Crippen molar-refractivity contribution in [1.29, 1.82) is 5.26 Å². The minimum absolute atomic E-state index is 0.0546. The Morgan fingerprint density at radius 2 is 1.55 bits per heavy atom. The molecular weight excluding hydrogens is 478 g/mol. The molecule has 3 aromatic rings. The van der Waals surface area contributed by atoms with Gasteiger partial charge in [0.25, 0.3) is 0 Å². The highest BCUT2D eigenvalue weighted by atomic mass is 79.9. The summed E-state index contributed by atoms with van der Waals surface area (Å²) in [5.74, 6) is -0.454. The number of carbonyl (C=O) groups is 1. The molecule has 0 aliphatic carbocycles. The summed E-state index contributed by atoms with van der Waals surface area (Å²) in [5, 5.41) is 11.5. The normalized spacial score (nSPS) is 11.1. The molecule has 0 saturated heterocycles. The molecule has 0 fully saturated rings. The number of carbonyl (C=O) groups excluding carboxylic acids is 1. The van der Waals surface area contributed by atoms with E-state index in [1.165, 1.54) is 12.1 Å². The van der Waals surface area contributed by atoms with Crippen LogP contribution in [0, 0.1) is 11.3 Å². The Labute approximate surface area is 190 Å². The molecule has 3 rings (SSSR count). The van der Waals surface area contributed by atoms with Gasteiger partial charge in [-0.25, -0.2) is 8.42 Å². The molecule has 0 heterocycles. The molecule has 0 bridgehead atoms. The summed E-state index contributed by atoms with van der Waals surface area (Å²) < 4.78 is 28.5. The van der Waals surface area contributed by atoms with Gasteiger partial charge in [-0.15, -0.1) is 0 Å². The molecule has 31 heavy (non-hydrogen) atoms. The second kappa shape index (κ2) is 10.4. The van der Waals surface area contributed by atoms with Crippen molar-refractivity contribution < 1.29 is 13.2 Å². The number of hydrogen-bond acceptors (Lipinski definition) is 4. The van der Waals surface area contributed by atoms with E-state index in [1.807, 2.05) is 24.3 Å². The van der Waals surface area contributed by atoms with Crippen LogP contribution in [0.5, 0.6) is 0 Å². The standard InChI is InChI=1S/C23H20BrN3O3S/c24-20-10-6-19(7-11-20)16-27(31(29,30)22-4-2-1-3-5-22)17-23(28)26-21-12-8-18(9-13-21)14-15-25/h1-13H,14,16-17H2,(H,26,28). The van der Waals surface area contributed by atoms with E-state index in [2.05, 4.69) is 27.3 Å². The first-order chi connectivity index (χ1) is 14.9. The largest absolute Gasteiger partial charge is 0.325 e. The van der Waals surface area contributed by atoms with Gasteiger partial charge in [-0.3, -0.25) is 4.79 Å². The third kappa shape index (κ3) is 6.25. The Bertz CT molecular complexity index is 1170. The molecule has 6 nitrogen and oxygen atoms in total. The number of halogens is 1. The van der Waals surface area contributed by atoms with Crippen LogP contribution >= 0.6 is 15.9 Å². The second-order valence-electron chi connectivity index (χ2n) is 6.79. The fraction of sp³-hybridized carbons (Fsp3) is 0.130. The predicted octanol–water partition coefficient (Wildman–Crippen LogP) is 4.34. The molecule has 0 radical (unpaired) electrons. The summed E-state index contributed by atoms with van der Waals surface area (Å²) in [6.45, 7) is -0.285. The van der Waals surface area contributed by atoms with Crippen LogP contribution in [0.2, 0.25) is 0 Å². The van der Waals surface area contributed by atoms with Gasteiger partial charge in [0.2, 0.25) is 15.9 Å². The van der Waals surface area contributed by atoms with E-state index in [-0.39, 0.29) is 24.4 Å². The van der Waals surface area contributed by atoms with Crippen molar-refractivity contribution in [2.45, 2.75) is 17.9 Å². The lowest BCUT2D eigenvalue weighted by Gasteiger charge is -2.22. The van der Waals surface area contributed by atoms with E-state index in [1.54, 1.807) is 42.5 Å². The number of nitrogens with one attached hydrogen (secondary N) is 1. The maximum atomic E-state index is 13.2. The van der Waals surface area contributed by atoms with Crippen molar-refractivity contribution >= 4 is 37.5 Å². The Hall–Kier alpha value is -2.99. The van der Waals surface area contributed by atoms with E-state index in [9.17, 15) is 13.2 Å². The van der Waals surface area contributed by atoms with Gasteiger partial charge in [-0.1, -0.05) is 58.4 Å². The number of benzene rings is 3. The molecular formula is C23H20BrN3O3S. The average molecular weight is 498 g/mol. The number of rotatable bonds is 8. The van der Waals surface area contributed by atoms with E-state index in [0.29, 0.717) is 5.69 Å². The third-order valence-electron chi connectivity index (χ3n) is 4.49.